The van der Waals surface area contributed by atoms with Crippen LogP contribution in [0.5, 0.6) is 17.2 Å². The molecule has 0 aliphatic carbocycles. The van der Waals surface area contributed by atoms with Gasteiger partial charge < -0.3 is 28.8 Å². The highest BCUT2D eigenvalue weighted by atomic mass is 79.9. The SMILES string of the molecule is CCOC(=O)c1cn[nH]c1.CCOC(=O)c1cnn(-c2cc(-n3c(C)cc(OCc4ncc(F)cc4F)c(Cl)c3=O)c(C)cn2)c1.Cc1cnc(-n2cc(C(C)(C)O)cn2)cc1-n1c(C)cc(OCc2ncc(F)cc2F)c(Cl)c1=O.Cc1cnc(Br)cc1-n1c(C)cc(OCc2ncc(F)cc2F)c(Cl)c1=O. The molecule has 0 amide bonds. The van der Waals surface area contributed by atoms with E-state index in [1.165, 1.54) is 53.9 Å². The topological polar surface area (TPSA) is 308 Å². The molecule has 0 unspecified atom stereocenters. The van der Waals surface area contributed by atoms with E-state index in [0.29, 0.717) is 97.4 Å². The van der Waals surface area contributed by atoms with Gasteiger partial charge in [0, 0.05) is 108 Å². The molecule has 26 nitrogen and oxygen atoms in total. The lowest BCUT2D eigenvalue weighted by atomic mass is 10.0. The second-order valence-corrected chi connectivity index (χ2v) is 25.7. The lowest BCUT2D eigenvalue weighted by molar-refractivity contribution is 0.0516. The van der Waals surface area contributed by atoms with E-state index in [1.807, 2.05) is 6.92 Å². The molecule has 36 heteroatoms. The molecule has 108 heavy (non-hydrogen) atoms. The zero-order valence-corrected chi connectivity index (χ0v) is 62.6. The Bertz CT molecular complexity index is 5520. The number of aliphatic hydroxyl groups is 1. The number of halogens is 10. The third kappa shape index (κ3) is 19.4. The fourth-order valence-corrected chi connectivity index (χ4v) is 10.8. The van der Waals surface area contributed by atoms with Crippen molar-refractivity contribution >= 4 is 62.7 Å². The number of carbonyl (C=O) groups is 2. The van der Waals surface area contributed by atoms with Crippen LogP contribution in [-0.4, -0.2) is 104 Å². The number of ether oxygens (including phenoxy) is 5. The van der Waals surface area contributed by atoms with Crippen molar-refractivity contribution in [2.45, 2.75) is 94.7 Å². The third-order valence-corrected chi connectivity index (χ3v) is 16.9. The van der Waals surface area contributed by atoms with Crippen molar-refractivity contribution in [3.8, 4) is 45.9 Å². The maximum absolute atomic E-state index is 13.9. The van der Waals surface area contributed by atoms with Gasteiger partial charge in [0.15, 0.2) is 29.1 Å². The minimum atomic E-state index is -1.07. The van der Waals surface area contributed by atoms with Crippen LogP contribution in [0.1, 0.15) is 105 Å². The van der Waals surface area contributed by atoms with Crippen LogP contribution in [0.2, 0.25) is 15.1 Å². The second-order valence-electron chi connectivity index (χ2n) is 23.7. The average Bonchev–Trinajstić information content (AvgIpc) is 1.01. The summed E-state index contributed by atoms with van der Waals surface area (Å²) in [6, 6.07) is 11.8. The molecule has 12 heterocycles. The lowest BCUT2D eigenvalue weighted by Gasteiger charge is -2.17. The molecule has 0 saturated heterocycles. The van der Waals surface area contributed by atoms with Crippen LogP contribution in [0.3, 0.4) is 0 Å². The molecule has 0 radical (unpaired) electrons. The number of aromatic amines is 1. The van der Waals surface area contributed by atoms with Gasteiger partial charge in [0.25, 0.3) is 16.7 Å². The number of aromatic nitrogens is 15. The summed E-state index contributed by atoms with van der Waals surface area (Å²) in [6.07, 6.45) is 16.4. The van der Waals surface area contributed by atoms with Gasteiger partial charge in [0.2, 0.25) is 0 Å². The van der Waals surface area contributed by atoms with E-state index in [1.54, 1.807) is 124 Å². The van der Waals surface area contributed by atoms with Crippen LogP contribution in [0.4, 0.5) is 26.3 Å². The number of aryl methyl sites for hydroxylation is 6. The highest BCUT2D eigenvalue weighted by molar-refractivity contribution is 9.10. The summed E-state index contributed by atoms with van der Waals surface area (Å²) >= 11 is 22.1. The summed E-state index contributed by atoms with van der Waals surface area (Å²) in [7, 11) is 0. The Morgan fingerprint density at radius 3 is 1.22 bits per heavy atom. The molecule has 0 saturated carbocycles. The van der Waals surface area contributed by atoms with E-state index < -0.39 is 63.2 Å². The number of nitrogens with zero attached hydrogens (tertiary/aromatic N) is 14. The van der Waals surface area contributed by atoms with E-state index in [4.69, 9.17) is 53.8 Å². The van der Waals surface area contributed by atoms with Gasteiger partial charge in [0.1, 0.15) is 91.3 Å². The number of hydrogen-bond donors (Lipinski definition) is 2. The molecular formula is C72H63BrCl3F6N15O11. The maximum Gasteiger partial charge on any atom is 0.341 e. The van der Waals surface area contributed by atoms with Crippen LogP contribution in [-0.2, 0) is 34.9 Å². The molecule has 0 aliphatic rings. The lowest BCUT2D eigenvalue weighted by Crippen LogP contribution is -2.23. The summed E-state index contributed by atoms with van der Waals surface area (Å²) in [5.74, 6) is -4.88. The maximum atomic E-state index is 13.9. The average molecular weight is 1610 g/mol. The van der Waals surface area contributed by atoms with Crippen LogP contribution in [0, 0.1) is 76.4 Å². The Labute approximate surface area is 633 Å². The van der Waals surface area contributed by atoms with Crippen LogP contribution in [0.25, 0.3) is 28.7 Å². The van der Waals surface area contributed by atoms with Crippen LogP contribution >= 0.6 is 50.7 Å². The van der Waals surface area contributed by atoms with Gasteiger partial charge in [-0.15, -0.1) is 0 Å². The molecule has 562 valence electrons. The molecule has 12 aromatic heterocycles. The Morgan fingerprint density at radius 2 is 0.861 bits per heavy atom. The Hall–Kier alpha value is -11.4. The first-order chi connectivity index (χ1) is 51.3. The predicted molar refractivity (Wildman–Crippen MR) is 386 cm³/mol. The first kappa shape index (κ1) is 80.7. The number of hydrogen-bond acceptors (Lipinski definition) is 20. The van der Waals surface area contributed by atoms with E-state index >= 15 is 0 Å². The van der Waals surface area contributed by atoms with Crippen molar-refractivity contribution in [2.24, 2.45) is 0 Å². The standard InChI is InChI=1S/C24H20ClF2N5O4.C24H22ClF2N5O3.C18H13BrClF2N3O2.C6H8N2O2/c1-4-35-24(34)15-9-30-31(11-15)21-7-19(13(2)8-29-21)32-14(3)5-20(22(25)23(32)33)36-12-18-17(27)6-16(26)10-28-18;1-13-8-29-21(31-11-15(9-30-31)24(3,4)34)7-19(13)32-14(2)5-20(22(25)23(32)33)35-12-18-17(27)6-16(26)10-28-18;1-9-6-24-16(19)5-14(9)25-10(2)3-15(17(20)18(25)26)27-8-13-12(22)4-11(21)7-23-13;1-2-10-6(9)5-3-7-8-4-5/h5-11H,4,12H2,1-3H3;5-11,34H,12H2,1-4H3;3-7H,8H2,1-2H3;3-4H,2H2,1H3,(H,7,8). The van der Waals surface area contributed by atoms with E-state index in [-0.39, 0.29) is 87.4 Å². The fourth-order valence-electron chi connectivity index (χ4n) is 9.92. The highest BCUT2D eigenvalue weighted by Crippen LogP contribution is 2.31. The highest BCUT2D eigenvalue weighted by Gasteiger charge is 2.24. The molecule has 12 aromatic rings. The Balaban J connectivity index is 0.000000177. The van der Waals surface area contributed by atoms with Gasteiger partial charge in [-0.1, -0.05) is 34.8 Å². The third-order valence-electron chi connectivity index (χ3n) is 15.4. The Kier molecular flexibility index (Phi) is 26.4. The van der Waals surface area contributed by atoms with E-state index in [9.17, 15) is 55.4 Å². The molecule has 12 rings (SSSR count). The molecular weight excluding hydrogens is 1550 g/mol. The van der Waals surface area contributed by atoms with Gasteiger partial charge in [-0.25, -0.2) is 60.2 Å². The minimum absolute atomic E-state index is 0.0269. The van der Waals surface area contributed by atoms with E-state index in [0.717, 1.165) is 24.2 Å². The fraction of sp³-hybridized carbons (Fsp3) is 0.222. The zero-order valence-electron chi connectivity index (χ0n) is 58.7. The summed E-state index contributed by atoms with van der Waals surface area (Å²) in [6.45, 7) is 16.9. The monoisotopic (exact) mass is 1610 g/mol. The Morgan fingerprint density at radius 1 is 0.491 bits per heavy atom. The first-order valence-electron chi connectivity index (χ1n) is 32.0. The number of nitrogens with one attached hydrogen (secondary N) is 1. The van der Waals surface area contributed by atoms with E-state index in [2.05, 4.69) is 71.0 Å². The molecule has 0 bridgehead atoms. The summed E-state index contributed by atoms with van der Waals surface area (Å²) in [4.78, 5) is 85.8. The molecule has 0 atom stereocenters. The summed E-state index contributed by atoms with van der Waals surface area (Å²) in [5, 5.41) is 24.1. The summed E-state index contributed by atoms with van der Waals surface area (Å²) < 4.78 is 114. The molecule has 0 fully saturated rings. The molecule has 2 N–H and O–H groups in total. The van der Waals surface area contributed by atoms with Crippen LogP contribution in [0.15, 0.2) is 148 Å². The molecule has 0 aliphatic heterocycles. The zero-order chi connectivity index (χ0) is 78.6. The van der Waals surface area contributed by atoms with Gasteiger partial charge in [-0.3, -0.25) is 48.1 Å². The second kappa shape index (κ2) is 35.3. The first-order valence-corrected chi connectivity index (χ1v) is 34.0. The number of esters is 2. The number of rotatable bonds is 19. The van der Waals surface area contributed by atoms with Crippen LogP contribution < -0.4 is 30.9 Å². The van der Waals surface area contributed by atoms with Crippen molar-refractivity contribution in [2.75, 3.05) is 13.2 Å². The largest absolute Gasteiger partial charge is 0.485 e. The van der Waals surface area contributed by atoms with Gasteiger partial charge >= 0.3 is 11.9 Å². The molecule has 0 aromatic carbocycles. The predicted octanol–water partition coefficient (Wildman–Crippen LogP) is 13.4. The van der Waals surface area contributed by atoms with Gasteiger partial charge in [-0.2, -0.15) is 15.3 Å². The number of H-pyrrole nitrogens is 1. The van der Waals surface area contributed by atoms with Crippen molar-refractivity contribution in [3.63, 3.8) is 0 Å². The molecule has 0 spiro atoms. The quantitative estimate of drug-likeness (QED) is 0.0431. The van der Waals surface area contributed by atoms with Crippen molar-refractivity contribution in [3.05, 3.63) is 282 Å². The smallest absolute Gasteiger partial charge is 0.341 e. The number of pyridine rings is 9. The van der Waals surface area contributed by atoms with Gasteiger partial charge in [0.05, 0.1) is 84.2 Å². The number of carbonyl (C=O) groups excluding carboxylic acids is 2. The van der Waals surface area contributed by atoms with Crippen molar-refractivity contribution in [1.82, 2.24) is 73.4 Å². The van der Waals surface area contributed by atoms with Crippen molar-refractivity contribution in [1.29, 1.82) is 0 Å². The van der Waals surface area contributed by atoms with Gasteiger partial charge in [-0.05, 0) is 108 Å². The normalized spacial score (nSPS) is 11.0. The minimum Gasteiger partial charge on any atom is -0.485 e. The van der Waals surface area contributed by atoms with Crippen molar-refractivity contribution < 1.29 is 64.7 Å². The summed E-state index contributed by atoms with van der Waals surface area (Å²) in [5.41, 5.74) is 3.61.